The maximum atomic E-state index is 10.8. The quantitative estimate of drug-likeness (QED) is 0.331. The predicted molar refractivity (Wildman–Crippen MR) is 45.8 cm³/mol. The van der Waals surface area contributed by atoms with Crippen molar-refractivity contribution in [3.63, 3.8) is 0 Å². The Kier molecular flexibility index (Phi) is 13.0. The molecule has 0 aliphatic rings. The fraction of sp³-hybridized carbons (Fsp3) is 0.667. The molecule has 0 aromatic heterocycles. The Balaban J connectivity index is -0.000000845. The SMILES string of the molecule is O=C([O][SbH2])C(O)C(O)C(=O)OCCO.[H-].[K+]. The number of aliphatic hydroxyl groups excluding tert-OH is 3. The molecule has 0 bridgehead atoms. The van der Waals surface area contributed by atoms with Gasteiger partial charge in [-0.05, 0) is 0 Å². The average molecular weight is 357 g/mol. The van der Waals surface area contributed by atoms with Gasteiger partial charge >= 0.3 is 145 Å². The van der Waals surface area contributed by atoms with Crippen molar-refractivity contribution in [2.45, 2.75) is 12.2 Å². The van der Waals surface area contributed by atoms with Gasteiger partial charge in [-0.25, -0.2) is 0 Å². The molecule has 0 aliphatic carbocycles. The molecule has 0 heterocycles. The molecular formula is C6H12KO7Sb. The van der Waals surface area contributed by atoms with Crippen molar-refractivity contribution in [2.24, 2.45) is 0 Å². The second-order valence-corrected chi connectivity index (χ2v) is 2.89. The summed E-state index contributed by atoms with van der Waals surface area (Å²) in [6, 6.07) is 0. The van der Waals surface area contributed by atoms with Gasteiger partial charge in [-0.1, -0.05) is 0 Å². The van der Waals surface area contributed by atoms with Crippen molar-refractivity contribution < 1.29 is 85.5 Å². The zero-order valence-electron chi connectivity index (χ0n) is 9.12. The summed E-state index contributed by atoms with van der Waals surface area (Å²) in [6.07, 6.45) is -3.93. The Hall–Kier alpha value is 1.27. The predicted octanol–water partition coefficient (Wildman–Crippen LogP) is -6.55. The zero-order chi connectivity index (χ0) is 11.1. The molecule has 7 nitrogen and oxygen atoms in total. The van der Waals surface area contributed by atoms with Gasteiger partial charge in [-0.3, -0.25) is 0 Å². The fourth-order valence-corrected chi connectivity index (χ4v) is 0.957. The average Bonchev–Trinajstić information content (AvgIpc) is 2.22. The molecule has 2 unspecified atom stereocenters. The smallest absolute Gasteiger partial charge is 1.00 e. The van der Waals surface area contributed by atoms with Crippen molar-refractivity contribution in [3.8, 4) is 0 Å². The van der Waals surface area contributed by atoms with E-state index < -0.39 is 30.8 Å². The van der Waals surface area contributed by atoms with Crippen LogP contribution in [-0.2, 0) is 17.3 Å². The maximum absolute atomic E-state index is 10.8. The van der Waals surface area contributed by atoms with Crippen LogP contribution in [-0.4, -0.2) is 76.1 Å². The van der Waals surface area contributed by atoms with E-state index in [0.717, 1.165) is 0 Å². The normalized spacial score (nSPS) is 13.3. The van der Waals surface area contributed by atoms with Gasteiger partial charge in [0.2, 0.25) is 0 Å². The Morgan fingerprint density at radius 3 is 2.13 bits per heavy atom. The number of aliphatic hydroxyl groups is 3. The van der Waals surface area contributed by atoms with Crippen molar-refractivity contribution in [1.29, 1.82) is 0 Å². The molecular weight excluding hydrogens is 345 g/mol. The first-order valence-electron chi connectivity index (χ1n) is 3.58. The van der Waals surface area contributed by atoms with E-state index in [1.165, 1.54) is 0 Å². The minimum Gasteiger partial charge on any atom is -1.00 e. The van der Waals surface area contributed by atoms with E-state index in [-0.39, 0.29) is 82.9 Å². The van der Waals surface area contributed by atoms with Gasteiger partial charge in [0.05, 0.1) is 0 Å². The summed E-state index contributed by atoms with van der Waals surface area (Å²) in [5.74, 6) is -2.27. The number of carbonyl (C=O) groups excluding carboxylic acids is 2. The number of rotatable bonds is 5. The van der Waals surface area contributed by atoms with Gasteiger partial charge in [0.1, 0.15) is 0 Å². The molecule has 9 heteroatoms. The number of hydrogen-bond acceptors (Lipinski definition) is 7. The third kappa shape index (κ3) is 7.25. The van der Waals surface area contributed by atoms with Gasteiger partial charge in [0.15, 0.2) is 0 Å². The summed E-state index contributed by atoms with van der Waals surface area (Å²) in [7, 11) is 0. The van der Waals surface area contributed by atoms with Crippen LogP contribution in [0.25, 0.3) is 0 Å². The summed E-state index contributed by atoms with van der Waals surface area (Å²) in [5, 5.41) is 26.3. The van der Waals surface area contributed by atoms with Crippen molar-refractivity contribution in [3.05, 3.63) is 0 Å². The Labute approximate surface area is 144 Å². The minimum absolute atomic E-state index is 0. The Bertz CT molecular complexity index is 217. The van der Waals surface area contributed by atoms with E-state index in [1.807, 2.05) is 0 Å². The largest absolute Gasteiger partial charge is 1.00 e. The topological polar surface area (TPSA) is 113 Å². The monoisotopic (exact) mass is 356 g/mol. The van der Waals surface area contributed by atoms with Gasteiger partial charge in [-0.2, -0.15) is 0 Å². The Morgan fingerprint density at radius 1 is 1.27 bits per heavy atom. The molecule has 0 aromatic rings. The third-order valence-electron chi connectivity index (χ3n) is 1.23. The minimum atomic E-state index is -1.98. The molecule has 0 amide bonds. The Morgan fingerprint density at radius 2 is 1.73 bits per heavy atom. The molecule has 2 atom stereocenters. The fourth-order valence-electron chi connectivity index (χ4n) is 0.559. The van der Waals surface area contributed by atoms with E-state index in [2.05, 4.69) is 7.75 Å². The molecule has 0 aliphatic heterocycles. The molecule has 84 valence electrons. The maximum Gasteiger partial charge on any atom is 1.00 e. The van der Waals surface area contributed by atoms with Crippen LogP contribution in [0.4, 0.5) is 0 Å². The molecule has 0 rings (SSSR count). The number of esters is 1. The standard InChI is InChI=1S/C6H10O7.K.Sb.3H/c7-1-2-13-6(12)4(9)3(8)5(10)11;;;;;/h3-4,7-9H,1-2H2,(H,10,11);;;;;/q;2*+1;;;-1/p-1. The molecule has 3 N–H and O–H groups in total. The van der Waals surface area contributed by atoms with E-state index in [4.69, 9.17) is 15.3 Å². The first kappa shape index (κ1) is 18.6. The van der Waals surface area contributed by atoms with Gasteiger partial charge in [-0.15, -0.1) is 0 Å². The van der Waals surface area contributed by atoms with Gasteiger partial charge in [0, 0.05) is 0 Å². The van der Waals surface area contributed by atoms with Gasteiger partial charge < -0.3 is 1.43 Å². The van der Waals surface area contributed by atoms with Gasteiger partial charge in [0.25, 0.3) is 0 Å². The van der Waals surface area contributed by atoms with Crippen LogP contribution >= 0.6 is 0 Å². The van der Waals surface area contributed by atoms with Crippen LogP contribution < -0.4 is 51.4 Å². The van der Waals surface area contributed by atoms with Crippen LogP contribution in [0.5, 0.6) is 0 Å². The van der Waals surface area contributed by atoms with Crippen LogP contribution in [0, 0.1) is 0 Å². The van der Waals surface area contributed by atoms with E-state index in [1.54, 1.807) is 0 Å². The summed E-state index contributed by atoms with van der Waals surface area (Å²) in [6.45, 7) is -0.711. The summed E-state index contributed by atoms with van der Waals surface area (Å²) >= 11 is 0.113. The zero-order valence-corrected chi connectivity index (χ0v) is 14.5. The second-order valence-electron chi connectivity index (χ2n) is 2.22. The summed E-state index contributed by atoms with van der Waals surface area (Å²) in [5.41, 5.74) is 0. The molecule has 0 radical (unpaired) electrons. The summed E-state index contributed by atoms with van der Waals surface area (Å²) in [4.78, 5) is 21.5. The van der Waals surface area contributed by atoms with Crippen LogP contribution in [0.1, 0.15) is 1.43 Å². The van der Waals surface area contributed by atoms with Crippen molar-refractivity contribution in [2.75, 3.05) is 13.2 Å². The molecule has 15 heavy (non-hydrogen) atoms. The second kappa shape index (κ2) is 10.4. The van der Waals surface area contributed by atoms with Crippen LogP contribution in [0.3, 0.4) is 0 Å². The first-order chi connectivity index (χ1) is 6.54. The molecule has 0 saturated heterocycles. The molecule has 0 aromatic carbocycles. The number of hydrogen-bond donors (Lipinski definition) is 3. The molecule has 0 fully saturated rings. The number of ether oxygens (including phenoxy) is 1. The first-order valence-corrected chi connectivity index (χ1v) is 4.93. The molecule has 0 saturated carbocycles. The van der Waals surface area contributed by atoms with Crippen molar-refractivity contribution >= 4 is 35.4 Å². The van der Waals surface area contributed by atoms with E-state index >= 15 is 0 Å². The summed E-state index contributed by atoms with van der Waals surface area (Å²) < 4.78 is 8.48. The van der Waals surface area contributed by atoms with E-state index in [0.29, 0.717) is 0 Å². The van der Waals surface area contributed by atoms with E-state index in [9.17, 15) is 9.59 Å². The molecule has 0 spiro atoms. The van der Waals surface area contributed by atoms with Crippen LogP contribution in [0.2, 0.25) is 0 Å². The third-order valence-corrected chi connectivity index (χ3v) is 1.90. The number of carbonyl (C=O) groups is 2. The van der Waals surface area contributed by atoms with Crippen LogP contribution in [0.15, 0.2) is 0 Å². The van der Waals surface area contributed by atoms with Crippen molar-refractivity contribution in [1.82, 2.24) is 0 Å².